The first-order chi connectivity index (χ1) is 11.3. The molecule has 23 heavy (non-hydrogen) atoms. The van der Waals surface area contributed by atoms with E-state index >= 15 is 0 Å². The number of hydrogen-bond acceptors (Lipinski definition) is 5. The van der Waals surface area contributed by atoms with Gasteiger partial charge in [0.1, 0.15) is 0 Å². The molecule has 0 radical (unpaired) electrons. The largest absolute Gasteiger partial charge is 0.274 e. The third-order valence-corrected chi connectivity index (χ3v) is 5.41. The lowest BCUT2D eigenvalue weighted by molar-refractivity contribution is 0.0364. The second-order valence-electron chi connectivity index (χ2n) is 4.80. The fourth-order valence-electron chi connectivity index (χ4n) is 2.01. The molecule has 0 aliphatic heterocycles. The van der Waals surface area contributed by atoms with Gasteiger partial charge in [0, 0.05) is 11.3 Å². The maximum Gasteiger partial charge on any atom is 0.274 e. The van der Waals surface area contributed by atoms with Gasteiger partial charge in [-0.1, -0.05) is 36.0 Å². The zero-order valence-electron chi connectivity index (χ0n) is 12.6. The number of aromatic nitrogens is 1. The molecule has 1 aromatic heterocycles. The Morgan fingerprint density at radius 1 is 1.22 bits per heavy atom. The van der Waals surface area contributed by atoms with Gasteiger partial charge >= 0.3 is 0 Å². The van der Waals surface area contributed by atoms with E-state index in [4.69, 9.17) is 4.84 Å². The zero-order valence-corrected chi connectivity index (χ0v) is 14.2. The molecule has 0 fully saturated rings. The van der Waals surface area contributed by atoms with Gasteiger partial charge in [0.15, 0.2) is 4.34 Å². The normalized spacial score (nSPS) is 10.8. The minimum Gasteiger partial charge on any atom is -0.274 e. The van der Waals surface area contributed by atoms with Crippen LogP contribution in [0.15, 0.2) is 52.9 Å². The van der Waals surface area contributed by atoms with Crippen LogP contribution < -0.4 is 5.48 Å². The van der Waals surface area contributed by atoms with Crippen LogP contribution in [0.25, 0.3) is 10.2 Å². The first-order valence-corrected chi connectivity index (χ1v) is 9.06. The van der Waals surface area contributed by atoms with E-state index in [9.17, 15) is 4.79 Å². The summed E-state index contributed by atoms with van der Waals surface area (Å²) in [6.07, 6.45) is 0. The number of thioether (sulfide) groups is 1. The summed E-state index contributed by atoms with van der Waals surface area (Å²) >= 11 is 3.41. The van der Waals surface area contributed by atoms with Crippen molar-refractivity contribution >= 4 is 39.2 Å². The molecule has 0 aliphatic rings. The maximum absolute atomic E-state index is 11.7. The van der Waals surface area contributed by atoms with E-state index in [2.05, 4.69) is 16.5 Å². The van der Waals surface area contributed by atoms with Crippen molar-refractivity contribution in [3.05, 3.63) is 59.7 Å². The number of nitrogens with one attached hydrogen (secondary N) is 1. The Kier molecular flexibility index (Phi) is 5.27. The third-order valence-electron chi connectivity index (χ3n) is 3.16. The van der Waals surface area contributed by atoms with Crippen LogP contribution in [-0.4, -0.2) is 17.5 Å². The fourth-order valence-corrected chi connectivity index (χ4v) is 4.03. The minimum absolute atomic E-state index is 0.225. The van der Waals surface area contributed by atoms with Crippen molar-refractivity contribution in [3.8, 4) is 0 Å². The Labute approximate surface area is 142 Å². The van der Waals surface area contributed by atoms with Crippen LogP contribution in [0, 0.1) is 0 Å². The number of hydroxylamine groups is 1. The Morgan fingerprint density at radius 2 is 2.00 bits per heavy atom. The van der Waals surface area contributed by atoms with E-state index in [-0.39, 0.29) is 5.91 Å². The molecule has 0 saturated carbocycles. The number of benzene rings is 2. The topological polar surface area (TPSA) is 51.2 Å². The Balaban J connectivity index is 1.61. The highest BCUT2D eigenvalue weighted by Gasteiger charge is 2.07. The summed E-state index contributed by atoms with van der Waals surface area (Å²) in [4.78, 5) is 21.3. The van der Waals surface area contributed by atoms with Gasteiger partial charge in [-0.25, -0.2) is 10.5 Å². The Morgan fingerprint density at radius 3 is 2.74 bits per heavy atom. The van der Waals surface area contributed by atoms with Crippen LogP contribution in [0.1, 0.15) is 22.8 Å². The number of fused-ring (bicyclic) bond motifs is 1. The van der Waals surface area contributed by atoms with Crippen molar-refractivity contribution in [2.75, 3.05) is 6.61 Å². The van der Waals surface area contributed by atoms with Crippen molar-refractivity contribution in [2.24, 2.45) is 0 Å². The van der Waals surface area contributed by atoms with Gasteiger partial charge < -0.3 is 0 Å². The molecule has 2 aromatic carbocycles. The molecule has 0 saturated heterocycles. The number of para-hydroxylation sites is 1. The van der Waals surface area contributed by atoms with E-state index in [1.165, 1.54) is 4.70 Å². The summed E-state index contributed by atoms with van der Waals surface area (Å²) < 4.78 is 2.27. The number of rotatable bonds is 6. The molecule has 0 spiro atoms. The second-order valence-corrected chi connectivity index (χ2v) is 7.05. The quantitative estimate of drug-likeness (QED) is 0.536. The number of thiazole rings is 1. The van der Waals surface area contributed by atoms with E-state index in [1.807, 2.05) is 49.4 Å². The van der Waals surface area contributed by atoms with Crippen molar-refractivity contribution in [1.82, 2.24) is 10.5 Å². The van der Waals surface area contributed by atoms with Crippen LogP contribution >= 0.6 is 23.1 Å². The molecule has 0 aliphatic carbocycles. The number of carbonyl (C=O) groups is 1. The van der Waals surface area contributed by atoms with E-state index in [0.717, 1.165) is 21.2 Å². The highest BCUT2D eigenvalue weighted by molar-refractivity contribution is 8.00. The SMILES string of the molecule is CCONC(=O)c1ccc(CSc2nc3ccccc3s2)cc1. The molecule has 3 aromatic rings. The number of carbonyl (C=O) groups excluding carboxylic acids is 1. The molecule has 0 unspecified atom stereocenters. The average molecular weight is 344 g/mol. The van der Waals surface area contributed by atoms with Gasteiger partial charge in [0.05, 0.1) is 16.8 Å². The smallest absolute Gasteiger partial charge is 0.274 e. The fraction of sp³-hybridized carbons (Fsp3) is 0.176. The molecule has 1 heterocycles. The van der Waals surface area contributed by atoms with Gasteiger partial charge in [-0.05, 0) is 36.8 Å². The molecule has 3 rings (SSSR count). The zero-order chi connectivity index (χ0) is 16.1. The third kappa shape index (κ3) is 4.10. The Bertz CT molecular complexity index is 767. The standard InChI is InChI=1S/C17H16N2O2S2/c1-2-21-19-16(20)13-9-7-12(8-10-13)11-22-17-18-14-5-3-4-6-15(14)23-17/h3-10H,2,11H2,1H3,(H,19,20). The lowest BCUT2D eigenvalue weighted by Crippen LogP contribution is -2.23. The lowest BCUT2D eigenvalue weighted by atomic mass is 10.1. The van der Waals surface area contributed by atoms with E-state index in [0.29, 0.717) is 12.2 Å². The molecular formula is C17H16N2O2S2. The van der Waals surface area contributed by atoms with Gasteiger partial charge in [0.25, 0.3) is 5.91 Å². The van der Waals surface area contributed by atoms with Crippen LogP contribution in [0.5, 0.6) is 0 Å². The molecule has 4 nitrogen and oxygen atoms in total. The number of hydrogen-bond donors (Lipinski definition) is 1. The number of amides is 1. The Hall–Kier alpha value is -1.89. The minimum atomic E-state index is -0.225. The van der Waals surface area contributed by atoms with Gasteiger partial charge in [0.2, 0.25) is 0 Å². The maximum atomic E-state index is 11.7. The lowest BCUT2D eigenvalue weighted by Gasteiger charge is -2.04. The summed E-state index contributed by atoms with van der Waals surface area (Å²) in [5.41, 5.74) is 5.18. The molecule has 0 atom stereocenters. The van der Waals surface area contributed by atoms with Crippen molar-refractivity contribution < 1.29 is 9.63 Å². The van der Waals surface area contributed by atoms with Crippen molar-refractivity contribution in [3.63, 3.8) is 0 Å². The van der Waals surface area contributed by atoms with Crippen molar-refractivity contribution in [2.45, 2.75) is 17.0 Å². The predicted molar refractivity (Wildman–Crippen MR) is 94.7 cm³/mol. The van der Waals surface area contributed by atoms with E-state index in [1.54, 1.807) is 23.1 Å². The van der Waals surface area contributed by atoms with Gasteiger partial charge in [-0.2, -0.15) is 0 Å². The molecule has 1 amide bonds. The predicted octanol–water partition coefficient (Wildman–Crippen LogP) is 4.27. The highest BCUT2D eigenvalue weighted by atomic mass is 32.2. The summed E-state index contributed by atoms with van der Waals surface area (Å²) in [6, 6.07) is 15.7. The first kappa shape index (κ1) is 16.0. The first-order valence-electron chi connectivity index (χ1n) is 7.25. The molecule has 0 bridgehead atoms. The van der Waals surface area contributed by atoms with E-state index < -0.39 is 0 Å². The monoisotopic (exact) mass is 344 g/mol. The van der Waals surface area contributed by atoms with Gasteiger partial charge in [-0.3, -0.25) is 9.63 Å². The molecule has 1 N–H and O–H groups in total. The molecule has 118 valence electrons. The second kappa shape index (κ2) is 7.59. The van der Waals surface area contributed by atoms with Crippen LogP contribution in [-0.2, 0) is 10.6 Å². The highest BCUT2D eigenvalue weighted by Crippen LogP contribution is 2.31. The van der Waals surface area contributed by atoms with Crippen LogP contribution in [0.3, 0.4) is 0 Å². The summed E-state index contributed by atoms with van der Waals surface area (Å²) in [5, 5.41) is 0. The van der Waals surface area contributed by atoms with Crippen LogP contribution in [0.2, 0.25) is 0 Å². The van der Waals surface area contributed by atoms with Gasteiger partial charge in [-0.15, -0.1) is 11.3 Å². The molecule has 6 heteroatoms. The molecular weight excluding hydrogens is 328 g/mol. The average Bonchev–Trinajstić information content (AvgIpc) is 3.01. The number of nitrogens with zero attached hydrogens (tertiary/aromatic N) is 1. The summed E-state index contributed by atoms with van der Waals surface area (Å²) in [6.45, 7) is 2.27. The summed E-state index contributed by atoms with van der Waals surface area (Å²) in [7, 11) is 0. The van der Waals surface area contributed by atoms with Crippen LogP contribution in [0.4, 0.5) is 0 Å². The summed E-state index contributed by atoms with van der Waals surface area (Å²) in [5.74, 6) is 0.602. The van der Waals surface area contributed by atoms with Crippen molar-refractivity contribution in [1.29, 1.82) is 0 Å².